The number of aromatic nitrogens is 3. The molecule has 2 aromatic heterocycles. The van der Waals surface area contributed by atoms with Gasteiger partial charge in [-0.3, -0.25) is 0 Å². The molecule has 0 atom stereocenters. The lowest BCUT2D eigenvalue weighted by atomic mass is 10.4. The van der Waals surface area contributed by atoms with E-state index in [9.17, 15) is 8.42 Å². The summed E-state index contributed by atoms with van der Waals surface area (Å²) in [5.74, 6) is 0. The number of aryl methyl sites for hydroxylation is 2. The van der Waals surface area contributed by atoms with Crippen molar-refractivity contribution in [2.45, 2.75) is 24.9 Å². The molecule has 0 amide bonds. The highest BCUT2D eigenvalue weighted by molar-refractivity contribution is 9.10. The second kappa shape index (κ2) is 5.70. The molecule has 0 saturated heterocycles. The zero-order valence-electron chi connectivity index (χ0n) is 10.4. The maximum atomic E-state index is 12.1. The number of thiophene rings is 1. The normalized spacial score (nSPS) is 11.9. The molecular formula is C10H13BrN4O2S2. The highest BCUT2D eigenvalue weighted by Gasteiger charge is 2.23. The van der Waals surface area contributed by atoms with Gasteiger partial charge in [0.2, 0.25) is 5.03 Å². The van der Waals surface area contributed by atoms with Crippen LogP contribution in [0.3, 0.4) is 0 Å². The third kappa shape index (κ3) is 3.22. The van der Waals surface area contributed by atoms with E-state index >= 15 is 0 Å². The number of halogens is 1. The molecule has 6 nitrogen and oxygen atoms in total. The van der Waals surface area contributed by atoms with Gasteiger partial charge in [-0.2, -0.15) is 0 Å². The van der Waals surface area contributed by atoms with Gasteiger partial charge in [-0.15, -0.1) is 16.4 Å². The fourth-order valence-electron chi connectivity index (χ4n) is 1.55. The first-order chi connectivity index (χ1) is 8.94. The molecule has 0 aliphatic carbocycles. The van der Waals surface area contributed by atoms with E-state index in [-0.39, 0.29) is 16.2 Å². The van der Waals surface area contributed by atoms with Crippen molar-refractivity contribution in [1.29, 1.82) is 0 Å². The fourth-order valence-corrected chi connectivity index (χ4v) is 4.63. The van der Waals surface area contributed by atoms with E-state index in [2.05, 4.69) is 37.9 Å². The molecule has 2 heterocycles. The van der Waals surface area contributed by atoms with Crippen molar-refractivity contribution in [1.82, 2.24) is 19.7 Å². The largest absolute Gasteiger partial charge is 0.260 e. The van der Waals surface area contributed by atoms with Crippen molar-refractivity contribution in [3.63, 3.8) is 0 Å². The number of nitrogens with one attached hydrogen (secondary N) is 1. The Balaban J connectivity index is 2.14. The second-order valence-corrected chi connectivity index (χ2v) is 7.54. The molecule has 19 heavy (non-hydrogen) atoms. The van der Waals surface area contributed by atoms with Crippen molar-refractivity contribution in [3.05, 3.63) is 26.5 Å². The van der Waals surface area contributed by atoms with E-state index < -0.39 is 10.0 Å². The fraction of sp³-hybridized carbons (Fsp3) is 0.400. The third-order valence-electron chi connectivity index (χ3n) is 2.49. The van der Waals surface area contributed by atoms with Gasteiger partial charge in [0.15, 0.2) is 4.60 Å². The Hall–Kier alpha value is -0.770. The Morgan fingerprint density at radius 3 is 2.63 bits per heavy atom. The molecule has 9 heteroatoms. The number of hydrogen-bond acceptors (Lipinski definition) is 5. The second-order valence-electron chi connectivity index (χ2n) is 3.86. The van der Waals surface area contributed by atoms with Gasteiger partial charge in [-0.1, -0.05) is 12.1 Å². The molecule has 2 aromatic rings. The van der Waals surface area contributed by atoms with Gasteiger partial charge in [0, 0.05) is 23.3 Å². The number of rotatable bonds is 5. The van der Waals surface area contributed by atoms with E-state index in [0.29, 0.717) is 0 Å². The lowest BCUT2D eigenvalue weighted by Crippen LogP contribution is -2.25. The van der Waals surface area contributed by atoms with Crippen LogP contribution in [0.15, 0.2) is 21.8 Å². The van der Waals surface area contributed by atoms with Crippen molar-refractivity contribution >= 4 is 37.3 Å². The smallest absolute Gasteiger partial charge is 0.235 e. The lowest BCUT2D eigenvalue weighted by molar-refractivity contribution is 0.560. The van der Waals surface area contributed by atoms with E-state index in [1.54, 1.807) is 11.3 Å². The molecule has 0 unspecified atom stereocenters. The Bertz CT molecular complexity index is 658. The minimum atomic E-state index is -3.63. The summed E-state index contributed by atoms with van der Waals surface area (Å²) in [6.45, 7) is 2.34. The van der Waals surface area contributed by atoms with Crippen LogP contribution in [-0.2, 0) is 30.0 Å². The lowest BCUT2D eigenvalue weighted by Gasteiger charge is -2.05. The van der Waals surface area contributed by atoms with Crippen molar-refractivity contribution < 1.29 is 8.42 Å². The van der Waals surface area contributed by atoms with Crippen molar-refractivity contribution in [2.24, 2.45) is 7.05 Å². The maximum Gasteiger partial charge on any atom is 0.260 e. The molecule has 0 fully saturated rings. The van der Waals surface area contributed by atoms with Gasteiger partial charge in [0.25, 0.3) is 10.0 Å². The molecule has 0 radical (unpaired) electrons. The van der Waals surface area contributed by atoms with Crippen LogP contribution >= 0.6 is 27.3 Å². The van der Waals surface area contributed by atoms with Crippen LogP contribution < -0.4 is 4.72 Å². The molecule has 0 spiro atoms. The molecule has 0 aliphatic heterocycles. The summed E-state index contributed by atoms with van der Waals surface area (Å²) < 4.78 is 28.3. The summed E-state index contributed by atoms with van der Waals surface area (Å²) >= 11 is 4.69. The van der Waals surface area contributed by atoms with Crippen LogP contribution in [0.4, 0.5) is 0 Å². The van der Waals surface area contributed by atoms with Crippen LogP contribution in [-0.4, -0.2) is 23.4 Å². The zero-order chi connectivity index (χ0) is 14.0. The van der Waals surface area contributed by atoms with Gasteiger partial charge in [0.1, 0.15) is 0 Å². The molecule has 2 rings (SSSR count). The molecule has 0 aromatic carbocycles. The van der Waals surface area contributed by atoms with Crippen LogP contribution in [0.1, 0.15) is 16.7 Å². The molecular weight excluding hydrogens is 352 g/mol. The van der Waals surface area contributed by atoms with Gasteiger partial charge in [-0.05, 0) is 34.5 Å². The third-order valence-corrected chi connectivity index (χ3v) is 6.01. The molecule has 0 aliphatic rings. The van der Waals surface area contributed by atoms with Crippen molar-refractivity contribution in [3.8, 4) is 0 Å². The van der Waals surface area contributed by atoms with Crippen LogP contribution in [0.2, 0.25) is 0 Å². The van der Waals surface area contributed by atoms with Gasteiger partial charge < -0.3 is 0 Å². The predicted molar refractivity (Wildman–Crippen MR) is 76.4 cm³/mol. The van der Waals surface area contributed by atoms with Crippen LogP contribution in [0.25, 0.3) is 0 Å². The minimum Gasteiger partial charge on any atom is -0.235 e. The molecule has 0 saturated carbocycles. The van der Waals surface area contributed by atoms with E-state index in [0.717, 1.165) is 11.3 Å². The summed E-state index contributed by atoms with van der Waals surface area (Å²) in [5.41, 5.74) is 0. The maximum absolute atomic E-state index is 12.1. The van der Waals surface area contributed by atoms with Gasteiger partial charge in [-0.25, -0.2) is 17.8 Å². The number of sulfonamides is 1. The summed E-state index contributed by atoms with van der Waals surface area (Å²) in [7, 11) is -2.09. The number of nitrogens with zero attached hydrogens (tertiary/aromatic N) is 3. The SMILES string of the molecule is CCc1ccc(CNS(=O)(=O)c2c(Br)nnn2C)s1. The van der Waals surface area contributed by atoms with Crippen molar-refractivity contribution in [2.75, 3.05) is 0 Å². The molecule has 1 N–H and O–H groups in total. The Kier molecular flexibility index (Phi) is 4.39. The van der Waals surface area contributed by atoms with Crippen LogP contribution in [0, 0.1) is 0 Å². The quantitative estimate of drug-likeness (QED) is 0.875. The first-order valence-corrected chi connectivity index (χ1v) is 8.65. The monoisotopic (exact) mass is 364 g/mol. The summed E-state index contributed by atoms with van der Waals surface area (Å²) in [6, 6.07) is 3.94. The Labute approximate surface area is 124 Å². The summed E-state index contributed by atoms with van der Waals surface area (Å²) in [4.78, 5) is 2.21. The summed E-state index contributed by atoms with van der Waals surface area (Å²) in [5, 5.41) is 7.35. The molecule has 0 bridgehead atoms. The van der Waals surface area contributed by atoms with E-state index in [4.69, 9.17) is 0 Å². The first kappa shape index (κ1) is 14.6. The highest BCUT2D eigenvalue weighted by atomic mass is 79.9. The minimum absolute atomic E-state index is 0.0276. The average Bonchev–Trinajstić information content (AvgIpc) is 2.94. The Morgan fingerprint density at radius 2 is 2.11 bits per heavy atom. The summed E-state index contributed by atoms with van der Waals surface area (Å²) in [6.07, 6.45) is 0.953. The van der Waals surface area contributed by atoms with E-state index in [1.807, 2.05) is 12.1 Å². The average molecular weight is 365 g/mol. The standard InChI is InChI=1S/C10H13BrN4O2S2/c1-3-7-4-5-8(18-7)6-12-19(16,17)10-9(11)13-14-15(10)2/h4-5,12H,3,6H2,1-2H3. The highest BCUT2D eigenvalue weighted by Crippen LogP contribution is 2.20. The Morgan fingerprint density at radius 1 is 1.42 bits per heavy atom. The first-order valence-electron chi connectivity index (χ1n) is 5.56. The van der Waals surface area contributed by atoms with E-state index in [1.165, 1.54) is 16.6 Å². The van der Waals surface area contributed by atoms with Crippen LogP contribution in [0.5, 0.6) is 0 Å². The molecule has 104 valence electrons. The topological polar surface area (TPSA) is 76.9 Å². The zero-order valence-corrected chi connectivity index (χ0v) is 13.6. The van der Waals surface area contributed by atoms with Gasteiger partial charge >= 0.3 is 0 Å². The number of hydrogen-bond donors (Lipinski definition) is 1. The predicted octanol–water partition coefficient (Wildman–Crippen LogP) is 1.68. The van der Waals surface area contributed by atoms with Gasteiger partial charge in [0.05, 0.1) is 0 Å².